The molecule has 37 heavy (non-hydrogen) atoms. The average Bonchev–Trinajstić information content (AvgIpc) is 3.00. The Kier molecular flexibility index (Phi) is 10.2. The highest BCUT2D eigenvalue weighted by Crippen LogP contribution is 2.27. The summed E-state index contributed by atoms with van der Waals surface area (Å²) in [5.41, 5.74) is 2.87. The zero-order chi connectivity index (χ0) is 26.8. The number of hydrogen-bond acceptors (Lipinski definition) is 5. The van der Waals surface area contributed by atoms with Gasteiger partial charge in [0.1, 0.15) is 0 Å². The Bertz CT molecular complexity index is 1050. The number of aliphatic carboxylic acids is 1. The number of carbonyl (C=O) groups is 3. The predicted molar refractivity (Wildman–Crippen MR) is 133 cm³/mol. The van der Waals surface area contributed by atoms with Gasteiger partial charge in [0.15, 0.2) is 5.78 Å². The van der Waals surface area contributed by atoms with Gasteiger partial charge in [0.05, 0.1) is 5.69 Å². The normalized spacial score (nSPS) is 17.0. The topological polar surface area (TPSA) is 81.2 Å². The van der Waals surface area contributed by atoms with Crippen LogP contribution in [0.4, 0.5) is 18.9 Å². The molecule has 2 heterocycles. The molecule has 1 N–H and O–H groups in total. The van der Waals surface area contributed by atoms with Crippen molar-refractivity contribution in [2.24, 2.45) is 0 Å². The molecule has 2 aromatic carbocycles. The maximum absolute atomic E-state index is 12.6. The third-order valence-corrected chi connectivity index (χ3v) is 6.42. The van der Waals surface area contributed by atoms with E-state index in [9.17, 15) is 22.8 Å². The molecular weight excluding hydrogens is 487 g/mol. The number of carboxylic acid groups (broad SMARTS) is 1. The van der Waals surface area contributed by atoms with Crippen molar-refractivity contribution >= 4 is 23.3 Å². The largest absolute Gasteiger partial charge is 0.490 e. The molecule has 10 heteroatoms. The third-order valence-electron chi connectivity index (χ3n) is 6.42. The molecule has 0 aliphatic carbocycles. The Morgan fingerprint density at radius 2 is 1.38 bits per heavy atom. The van der Waals surface area contributed by atoms with Crippen LogP contribution >= 0.6 is 0 Å². The van der Waals surface area contributed by atoms with Crippen LogP contribution in [0.3, 0.4) is 0 Å². The lowest BCUT2D eigenvalue weighted by atomic mass is 10.1. The summed E-state index contributed by atoms with van der Waals surface area (Å²) < 4.78 is 31.7. The van der Waals surface area contributed by atoms with E-state index in [-0.39, 0.29) is 11.7 Å². The first-order valence-electron chi connectivity index (χ1n) is 12.4. The first-order chi connectivity index (χ1) is 17.6. The molecule has 1 saturated heterocycles. The van der Waals surface area contributed by atoms with Gasteiger partial charge in [-0.15, -0.1) is 0 Å². The Morgan fingerprint density at radius 3 is 2.03 bits per heavy atom. The van der Waals surface area contributed by atoms with E-state index in [1.54, 1.807) is 0 Å². The number of anilines is 1. The number of piperazine rings is 1. The smallest absolute Gasteiger partial charge is 0.475 e. The number of nitrogens with zero attached hydrogens (tertiary/aromatic N) is 3. The molecule has 0 spiro atoms. The standard InChI is InChI=1S/C25H31N3O2.C2HF3O2/c29-24-12-13-25(30)28(23-11-5-4-10-22(23)24)15-7-6-14-26-16-18-27(19-17-26)20-21-8-2-1-3-9-21;3-2(4,5)1(6)7/h1-5,8-11H,6-7,12-20H2;(H,6,7). The van der Waals surface area contributed by atoms with E-state index in [1.807, 2.05) is 29.2 Å². The van der Waals surface area contributed by atoms with Crippen molar-refractivity contribution in [3.8, 4) is 0 Å². The Morgan fingerprint density at radius 1 is 0.811 bits per heavy atom. The molecule has 0 radical (unpaired) electrons. The van der Waals surface area contributed by atoms with Crippen LogP contribution in [0.2, 0.25) is 0 Å². The molecule has 0 atom stereocenters. The highest BCUT2D eigenvalue weighted by Gasteiger charge is 2.38. The summed E-state index contributed by atoms with van der Waals surface area (Å²) in [7, 11) is 0. The van der Waals surface area contributed by atoms with Gasteiger partial charge in [0, 0.05) is 57.7 Å². The minimum Gasteiger partial charge on any atom is -0.475 e. The van der Waals surface area contributed by atoms with Gasteiger partial charge in [-0.3, -0.25) is 14.5 Å². The summed E-state index contributed by atoms with van der Waals surface area (Å²) in [6.45, 7) is 7.21. The number of para-hydroxylation sites is 1. The summed E-state index contributed by atoms with van der Waals surface area (Å²) in [5.74, 6) is -2.61. The third kappa shape index (κ3) is 8.68. The van der Waals surface area contributed by atoms with Crippen molar-refractivity contribution in [3.63, 3.8) is 0 Å². The highest BCUT2D eigenvalue weighted by atomic mass is 19.4. The number of alkyl halides is 3. The van der Waals surface area contributed by atoms with E-state index in [0.717, 1.165) is 57.8 Å². The van der Waals surface area contributed by atoms with Gasteiger partial charge in [-0.2, -0.15) is 13.2 Å². The van der Waals surface area contributed by atoms with Crippen LogP contribution in [0.1, 0.15) is 41.6 Å². The fraction of sp³-hybridized carbons (Fsp3) is 0.444. The summed E-state index contributed by atoms with van der Waals surface area (Å²) in [5, 5.41) is 7.12. The van der Waals surface area contributed by atoms with E-state index < -0.39 is 12.1 Å². The summed E-state index contributed by atoms with van der Waals surface area (Å²) in [6, 6.07) is 18.2. The van der Waals surface area contributed by atoms with Gasteiger partial charge >= 0.3 is 12.1 Å². The SMILES string of the molecule is O=C(O)C(F)(F)F.O=C1CCC(=O)N(CCCCN2CCN(Cc3ccccc3)CC2)c2ccccc21. The first-order valence-corrected chi connectivity index (χ1v) is 12.4. The van der Waals surface area contributed by atoms with Gasteiger partial charge in [0.25, 0.3) is 0 Å². The molecule has 7 nitrogen and oxygen atoms in total. The molecule has 200 valence electrons. The minimum atomic E-state index is -5.08. The van der Waals surface area contributed by atoms with E-state index >= 15 is 0 Å². The molecule has 2 aliphatic heterocycles. The molecular formula is C27H32F3N3O4. The van der Waals surface area contributed by atoms with Crippen LogP contribution in [-0.2, 0) is 16.1 Å². The lowest BCUT2D eigenvalue weighted by molar-refractivity contribution is -0.192. The number of Topliss-reactive ketones (excluding diaryl/α,β-unsaturated/α-hetero) is 1. The Balaban J connectivity index is 0.000000479. The number of unbranched alkanes of at least 4 members (excludes halogenated alkanes) is 1. The molecule has 0 saturated carbocycles. The molecule has 0 unspecified atom stereocenters. The number of carbonyl (C=O) groups excluding carboxylic acids is 2. The quantitative estimate of drug-likeness (QED) is 0.552. The van der Waals surface area contributed by atoms with Gasteiger partial charge in [-0.05, 0) is 37.1 Å². The van der Waals surface area contributed by atoms with E-state index in [4.69, 9.17) is 9.90 Å². The fourth-order valence-electron chi connectivity index (χ4n) is 4.43. The van der Waals surface area contributed by atoms with Gasteiger partial charge in [-0.1, -0.05) is 42.5 Å². The summed E-state index contributed by atoms with van der Waals surface area (Å²) >= 11 is 0. The lowest BCUT2D eigenvalue weighted by Crippen LogP contribution is -2.46. The van der Waals surface area contributed by atoms with Crippen molar-refractivity contribution in [1.82, 2.24) is 9.80 Å². The van der Waals surface area contributed by atoms with Crippen LogP contribution in [0.25, 0.3) is 0 Å². The Hall–Kier alpha value is -3.24. The van der Waals surface area contributed by atoms with Gasteiger partial charge < -0.3 is 14.9 Å². The average molecular weight is 520 g/mol. The number of amides is 1. The summed E-state index contributed by atoms with van der Waals surface area (Å²) in [4.78, 5) is 40.6. The van der Waals surface area contributed by atoms with Crippen molar-refractivity contribution in [2.75, 3.05) is 44.2 Å². The predicted octanol–water partition coefficient (Wildman–Crippen LogP) is 4.23. The van der Waals surface area contributed by atoms with Crippen LogP contribution in [-0.4, -0.2) is 78.0 Å². The maximum atomic E-state index is 12.6. The second-order valence-electron chi connectivity index (χ2n) is 9.10. The highest BCUT2D eigenvalue weighted by molar-refractivity contribution is 6.10. The molecule has 0 bridgehead atoms. The van der Waals surface area contributed by atoms with E-state index in [2.05, 4.69) is 40.1 Å². The number of ketones is 1. The number of halogens is 3. The summed E-state index contributed by atoms with van der Waals surface area (Å²) in [6.07, 6.45) is -2.42. The number of carboxylic acids is 1. The fourth-order valence-corrected chi connectivity index (χ4v) is 4.43. The molecule has 4 rings (SSSR count). The van der Waals surface area contributed by atoms with Crippen LogP contribution in [0, 0.1) is 0 Å². The molecule has 2 aliphatic rings. The number of hydrogen-bond donors (Lipinski definition) is 1. The number of benzene rings is 2. The van der Waals surface area contributed by atoms with E-state index in [1.165, 1.54) is 5.56 Å². The first kappa shape index (κ1) is 28.3. The molecule has 1 fully saturated rings. The van der Waals surface area contributed by atoms with E-state index in [0.29, 0.717) is 24.9 Å². The van der Waals surface area contributed by atoms with Gasteiger partial charge in [0.2, 0.25) is 5.91 Å². The van der Waals surface area contributed by atoms with Crippen molar-refractivity contribution in [2.45, 2.75) is 38.4 Å². The maximum Gasteiger partial charge on any atom is 0.490 e. The van der Waals surface area contributed by atoms with Crippen molar-refractivity contribution in [1.29, 1.82) is 0 Å². The molecule has 0 aromatic heterocycles. The van der Waals surface area contributed by atoms with Crippen LogP contribution in [0.5, 0.6) is 0 Å². The second kappa shape index (κ2) is 13.3. The number of rotatable bonds is 7. The lowest BCUT2D eigenvalue weighted by Gasteiger charge is -2.34. The van der Waals surface area contributed by atoms with Crippen LogP contribution < -0.4 is 4.90 Å². The Labute approximate surface area is 214 Å². The zero-order valence-electron chi connectivity index (χ0n) is 20.6. The molecule has 1 amide bonds. The zero-order valence-corrected chi connectivity index (χ0v) is 20.6. The molecule has 2 aromatic rings. The monoisotopic (exact) mass is 519 g/mol. The van der Waals surface area contributed by atoms with Crippen LogP contribution in [0.15, 0.2) is 54.6 Å². The van der Waals surface area contributed by atoms with Crippen molar-refractivity contribution in [3.05, 3.63) is 65.7 Å². The van der Waals surface area contributed by atoms with Crippen molar-refractivity contribution < 1.29 is 32.7 Å². The second-order valence-corrected chi connectivity index (χ2v) is 9.10. The number of fused-ring (bicyclic) bond motifs is 1. The van der Waals surface area contributed by atoms with Gasteiger partial charge in [-0.25, -0.2) is 4.79 Å². The minimum absolute atomic E-state index is 0.0721.